The highest BCUT2D eigenvalue weighted by molar-refractivity contribution is 5.73. The molecular weight excluding hydrogens is 216 g/mol. The van der Waals surface area contributed by atoms with Gasteiger partial charge in [0, 0.05) is 20.1 Å². The van der Waals surface area contributed by atoms with Crippen LogP contribution in [-0.2, 0) is 6.54 Å². The van der Waals surface area contributed by atoms with E-state index in [1.54, 1.807) is 14.0 Å². The Morgan fingerprint density at radius 3 is 2.82 bits per heavy atom. The van der Waals surface area contributed by atoms with Crippen molar-refractivity contribution in [3.05, 3.63) is 35.4 Å². The molecule has 2 amide bonds. The first-order valence-electron chi connectivity index (χ1n) is 5.71. The second kappa shape index (κ2) is 6.25. The minimum Gasteiger partial charge on any atom is -0.392 e. The van der Waals surface area contributed by atoms with Gasteiger partial charge >= 0.3 is 6.03 Å². The Morgan fingerprint density at radius 2 is 2.24 bits per heavy atom. The molecule has 1 atom stereocenters. The van der Waals surface area contributed by atoms with Crippen LogP contribution in [0.15, 0.2) is 24.3 Å². The van der Waals surface area contributed by atoms with Crippen molar-refractivity contribution in [3.8, 4) is 0 Å². The van der Waals surface area contributed by atoms with Crippen molar-refractivity contribution in [1.29, 1.82) is 0 Å². The Hall–Kier alpha value is -1.55. The van der Waals surface area contributed by atoms with Gasteiger partial charge in [0.25, 0.3) is 0 Å². The quantitative estimate of drug-likeness (QED) is 0.832. The summed E-state index contributed by atoms with van der Waals surface area (Å²) in [5.74, 6) is 0. The van der Waals surface area contributed by atoms with Crippen LogP contribution in [0.2, 0.25) is 0 Å². The summed E-state index contributed by atoms with van der Waals surface area (Å²) in [6.07, 6.45) is -0.510. The number of aliphatic hydroxyl groups excluding tert-OH is 1. The molecule has 0 bridgehead atoms. The molecule has 0 saturated carbocycles. The zero-order valence-corrected chi connectivity index (χ0v) is 10.6. The first kappa shape index (κ1) is 13.5. The summed E-state index contributed by atoms with van der Waals surface area (Å²) in [6.45, 7) is 4.51. The van der Waals surface area contributed by atoms with Crippen molar-refractivity contribution in [3.63, 3.8) is 0 Å². The molecule has 17 heavy (non-hydrogen) atoms. The maximum absolute atomic E-state index is 11.6. The fourth-order valence-electron chi connectivity index (χ4n) is 1.61. The van der Waals surface area contributed by atoms with E-state index in [2.05, 4.69) is 5.32 Å². The largest absolute Gasteiger partial charge is 0.392 e. The minimum absolute atomic E-state index is 0.174. The highest BCUT2D eigenvalue weighted by Gasteiger charge is 2.09. The van der Waals surface area contributed by atoms with Crippen LogP contribution in [-0.4, -0.2) is 35.7 Å². The van der Waals surface area contributed by atoms with E-state index >= 15 is 0 Å². The number of rotatable bonds is 4. The molecule has 0 radical (unpaired) electrons. The molecule has 0 aliphatic carbocycles. The normalized spacial score (nSPS) is 12.0. The van der Waals surface area contributed by atoms with Crippen LogP contribution in [0, 0.1) is 6.92 Å². The lowest BCUT2D eigenvalue weighted by Crippen LogP contribution is -2.40. The first-order chi connectivity index (χ1) is 7.99. The lowest BCUT2D eigenvalue weighted by molar-refractivity contribution is 0.143. The molecule has 1 rings (SSSR count). The third-order valence-electron chi connectivity index (χ3n) is 2.41. The topological polar surface area (TPSA) is 52.6 Å². The van der Waals surface area contributed by atoms with E-state index in [0.717, 1.165) is 5.56 Å². The van der Waals surface area contributed by atoms with Crippen molar-refractivity contribution in [2.45, 2.75) is 26.5 Å². The van der Waals surface area contributed by atoms with Gasteiger partial charge in [0.15, 0.2) is 0 Å². The van der Waals surface area contributed by atoms with Crippen LogP contribution in [0.1, 0.15) is 18.1 Å². The minimum atomic E-state index is -0.510. The first-order valence-corrected chi connectivity index (χ1v) is 5.71. The zero-order valence-electron chi connectivity index (χ0n) is 10.6. The molecule has 0 saturated heterocycles. The average Bonchev–Trinajstić information content (AvgIpc) is 2.25. The Balaban J connectivity index is 2.43. The highest BCUT2D eigenvalue weighted by atomic mass is 16.3. The highest BCUT2D eigenvalue weighted by Crippen LogP contribution is 2.03. The number of hydrogen-bond donors (Lipinski definition) is 2. The van der Waals surface area contributed by atoms with E-state index in [0.29, 0.717) is 13.1 Å². The Morgan fingerprint density at radius 1 is 1.53 bits per heavy atom. The van der Waals surface area contributed by atoms with Gasteiger partial charge in [0.1, 0.15) is 0 Å². The van der Waals surface area contributed by atoms with Crippen molar-refractivity contribution < 1.29 is 9.90 Å². The van der Waals surface area contributed by atoms with E-state index < -0.39 is 6.10 Å². The third-order valence-corrected chi connectivity index (χ3v) is 2.41. The number of amides is 2. The Labute approximate surface area is 102 Å². The molecule has 2 N–H and O–H groups in total. The summed E-state index contributed by atoms with van der Waals surface area (Å²) >= 11 is 0. The number of aliphatic hydroxyl groups is 1. The fraction of sp³-hybridized carbons (Fsp3) is 0.462. The second-order valence-corrected chi connectivity index (χ2v) is 4.38. The van der Waals surface area contributed by atoms with Crippen molar-refractivity contribution >= 4 is 6.03 Å². The van der Waals surface area contributed by atoms with Crippen LogP contribution >= 0.6 is 0 Å². The Bertz CT molecular complexity index is 377. The van der Waals surface area contributed by atoms with E-state index in [4.69, 9.17) is 0 Å². The molecule has 0 aliphatic heterocycles. The molecule has 1 aromatic rings. The summed E-state index contributed by atoms with van der Waals surface area (Å²) < 4.78 is 0. The molecule has 0 heterocycles. The van der Waals surface area contributed by atoms with E-state index in [1.807, 2.05) is 31.2 Å². The number of aryl methyl sites for hydroxylation is 1. The molecule has 1 aromatic carbocycles. The summed E-state index contributed by atoms with van der Waals surface area (Å²) in [7, 11) is 1.66. The molecule has 0 fully saturated rings. The Kier molecular flexibility index (Phi) is 4.97. The summed E-state index contributed by atoms with van der Waals surface area (Å²) in [5, 5.41) is 12.0. The van der Waals surface area contributed by atoms with Crippen molar-refractivity contribution in [2.24, 2.45) is 0 Å². The van der Waals surface area contributed by atoms with E-state index in [1.165, 1.54) is 10.5 Å². The van der Waals surface area contributed by atoms with Gasteiger partial charge in [0.05, 0.1) is 6.10 Å². The smallest absolute Gasteiger partial charge is 0.317 e. The van der Waals surface area contributed by atoms with Crippen molar-refractivity contribution in [2.75, 3.05) is 13.6 Å². The van der Waals surface area contributed by atoms with Crippen LogP contribution < -0.4 is 5.32 Å². The second-order valence-electron chi connectivity index (χ2n) is 4.38. The molecule has 0 aromatic heterocycles. The molecule has 4 heteroatoms. The van der Waals surface area contributed by atoms with Crippen LogP contribution in [0.4, 0.5) is 4.79 Å². The lowest BCUT2D eigenvalue weighted by atomic mass is 10.1. The maximum atomic E-state index is 11.6. The van der Waals surface area contributed by atoms with Gasteiger partial charge in [-0.25, -0.2) is 4.79 Å². The summed E-state index contributed by atoms with van der Waals surface area (Å²) in [6, 6.07) is 7.82. The number of hydrogen-bond acceptors (Lipinski definition) is 2. The van der Waals surface area contributed by atoms with Gasteiger partial charge in [-0.05, 0) is 19.4 Å². The molecule has 4 nitrogen and oxygen atoms in total. The van der Waals surface area contributed by atoms with Crippen LogP contribution in [0.5, 0.6) is 0 Å². The van der Waals surface area contributed by atoms with Gasteiger partial charge in [-0.1, -0.05) is 29.8 Å². The third kappa shape index (κ3) is 4.87. The number of benzene rings is 1. The van der Waals surface area contributed by atoms with Crippen LogP contribution in [0.3, 0.4) is 0 Å². The SMILES string of the molecule is Cc1cccc(CNC(=O)N(C)CC(C)O)c1. The van der Waals surface area contributed by atoms with Gasteiger partial charge < -0.3 is 15.3 Å². The monoisotopic (exact) mass is 236 g/mol. The van der Waals surface area contributed by atoms with Gasteiger partial charge in [0.2, 0.25) is 0 Å². The number of carbonyl (C=O) groups excluding carboxylic acids is 1. The number of likely N-dealkylation sites (N-methyl/N-ethyl adjacent to an activating group) is 1. The summed E-state index contributed by atoms with van der Waals surface area (Å²) in [4.78, 5) is 13.1. The van der Waals surface area contributed by atoms with E-state index in [-0.39, 0.29) is 6.03 Å². The fourth-order valence-corrected chi connectivity index (χ4v) is 1.61. The summed E-state index contributed by atoms with van der Waals surface area (Å²) in [5.41, 5.74) is 2.25. The zero-order chi connectivity index (χ0) is 12.8. The van der Waals surface area contributed by atoms with Crippen LogP contribution in [0.25, 0.3) is 0 Å². The molecule has 1 unspecified atom stereocenters. The average molecular weight is 236 g/mol. The van der Waals surface area contributed by atoms with Gasteiger partial charge in [-0.15, -0.1) is 0 Å². The maximum Gasteiger partial charge on any atom is 0.317 e. The predicted molar refractivity (Wildman–Crippen MR) is 67.7 cm³/mol. The number of urea groups is 1. The standard InChI is InChI=1S/C13H20N2O2/c1-10-5-4-6-12(7-10)8-14-13(17)15(3)9-11(2)16/h4-7,11,16H,8-9H2,1-3H3,(H,14,17). The van der Waals surface area contributed by atoms with Gasteiger partial charge in [-0.3, -0.25) is 0 Å². The molecular formula is C13H20N2O2. The van der Waals surface area contributed by atoms with Gasteiger partial charge in [-0.2, -0.15) is 0 Å². The molecule has 0 spiro atoms. The molecule has 94 valence electrons. The van der Waals surface area contributed by atoms with Crippen molar-refractivity contribution in [1.82, 2.24) is 10.2 Å². The number of carbonyl (C=O) groups is 1. The number of nitrogens with one attached hydrogen (secondary N) is 1. The predicted octanol–water partition coefficient (Wildman–Crippen LogP) is 1.52. The molecule has 0 aliphatic rings. The number of nitrogens with zero attached hydrogens (tertiary/aromatic N) is 1. The lowest BCUT2D eigenvalue weighted by Gasteiger charge is -2.19. The van der Waals surface area contributed by atoms with E-state index in [9.17, 15) is 9.90 Å².